The van der Waals surface area contributed by atoms with Crippen LogP contribution >= 0.6 is 0 Å². The van der Waals surface area contributed by atoms with Gasteiger partial charge in [0, 0.05) is 18.8 Å². The molecular formula is C19H23FN4O. The molecule has 0 aliphatic heterocycles. The molecule has 0 atom stereocenters. The summed E-state index contributed by atoms with van der Waals surface area (Å²) in [4.78, 5) is 20.8. The molecule has 1 heterocycles. The van der Waals surface area contributed by atoms with E-state index in [-0.39, 0.29) is 17.8 Å². The summed E-state index contributed by atoms with van der Waals surface area (Å²) in [6.45, 7) is 0.610. The van der Waals surface area contributed by atoms with Crippen LogP contribution in [0.3, 0.4) is 0 Å². The zero-order valence-electron chi connectivity index (χ0n) is 14.2. The van der Waals surface area contributed by atoms with Crippen LogP contribution in [0, 0.1) is 5.82 Å². The molecule has 1 saturated carbocycles. The Morgan fingerprint density at radius 1 is 1.12 bits per heavy atom. The summed E-state index contributed by atoms with van der Waals surface area (Å²) < 4.78 is 12.9. The number of carbonyl (C=O) groups excluding carboxylic acids is 1. The van der Waals surface area contributed by atoms with Gasteiger partial charge in [-0.05, 0) is 43.0 Å². The van der Waals surface area contributed by atoms with E-state index in [1.165, 1.54) is 31.4 Å². The van der Waals surface area contributed by atoms with Crippen molar-refractivity contribution < 1.29 is 9.18 Å². The smallest absolute Gasteiger partial charge is 0.270 e. The van der Waals surface area contributed by atoms with Gasteiger partial charge in [-0.2, -0.15) is 0 Å². The number of hydrogen-bond acceptors (Lipinski definition) is 4. The molecule has 0 radical (unpaired) electrons. The second kappa shape index (κ2) is 8.55. The summed E-state index contributed by atoms with van der Waals surface area (Å²) in [5.74, 6) is 0.0472. The number of nitrogens with zero attached hydrogens (tertiary/aromatic N) is 2. The molecule has 1 fully saturated rings. The van der Waals surface area contributed by atoms with E-state index in [4.69, 9.17) is 0 Å². The van der Waals surface area contributed by atoms with Crippen LogP contribution in [0.1, 0.15) is 48.2 Å². The topological polar surface area (TPSA) is 66.9 Å². The van der Waals surface area contributed by atoms with E-state index in [0.29, 0.717) is 18.2 Å². The van der Waals surface area contributed by atoms with Crippen LogP contribution < -0.4 is 10.6 Å². The predicted molar refractivity (Wildman–Crippen MR) is 95.0 cm³/mol. The normalized spacial score (nSPS) is 14.9. The first-order valence-electron chi connectivity index (χ1n) is 8.83. The minimum absolute atomic E-state index is 0.143. The summed E-state index contributed by atoms with van der Waals surface area (Å²) >= 11 is 0. The van der Waals surface area contributed by atoms with Crippen LogP contribution in [0.4, 0.5) is 10.3 Å². The summed E-state index contributed by atoms with van der Waals surface area (Å²) in [6.07, 6.45) is 7.99. The molecule has 0 unspecified atom stereocenters. The van der Waals surface area contributed by atoms with E-state index in [1.54, 1.807) is 24.4 Å². The van der Waals surface area contributed by atoms with Gasteiger partial charge in [0.25, 0.3) is 5.91 Å². The number of benzene rings is 1. The number of aromatic nitrogens is 2. The molecule has 1 amide bonds. The van der Waals surface area contributed by atoms with Crippen molar-refractivity contribution in [1.29, 1.82) is 0 Å². The van der Waals surface area contributed by atoms with Gasteiger partial charge in [-0.25, -0.2) is 14.4 Å². The van der Waals surface area contributed by atoms with Crippen LogP contribution in [-0.2, 0) is 6.42 Å². The van der Waals surface area contributed by atoms with E-state index in [2.05, 4.69) is 20.6 Å². The zero-order valence-corrected chi connectivity index (χ0v) is 14.2. The van der Waals surface area contributed by atoms with E-state index in [0.717, 1.165) is 24.8 Å². The SMILES string of the molecule is O=C(NC1CCCCC1)c1ccnc(NCCc2ccc(F)cc2)n1. The Morgan fingerprint density at radius 3 is 2.64 bits per heavy atom. The lowest BCUT2D eigenvalue weighted by molar-refractivity contribution is 0.0922. The number of amides is 1. The lowest BCUT2D eigenvalue weighted by Crippen LogP contribution is -2.36. The summed E-state index contributed by atoms with van der Waals surface area (Å²) in [7, 11) is 0. The molecule has 1 aromatic carbocycles. The minimum Gasteiger partial charge on any atom is -0.354 e. The van der Waals surface area contributed by atoms with Gasteiger partial charge < -0.3 is 10.6 Å². The Balaban J connectivity index is 1.51. The van der Waals surface area contributed by atoms with E-state index in [9.17, 15) is 9.18 Å². The number of halogens is 1. The third kappa shape index (κ3) is 5.24. The molecule has 1 aliphatic carbocycles. The third-order valence-corrected chi connectivity index (χ3v) is 4.44. The molecule has 1 aliphatic rings. The molecule has 0 bridgehead atoms. The Labute approximate surface area is 147 Å². The maximum Gasteiger partial charge on any atom is 0.270 e. The molecule has 3 rings (SSSR count). The Hall–Kier alpha value is -2.50. The number of anilines is 1. The minimum atomic E-state index is -0.239. The van der Waals surface area contributed by atoms with Crippen molar-refractivity contribution in [2.24, 2.45) is 0 Å². The number of hydrogen-bond donors (Lipinski definition) is 2. The Bertz CT molecular complexity index is 699. The van der Waals surface area contributed by atoms with Gasteiger partial charge in [0.15, 0.2) is 0 Å². The summed E-state index contributed by atoms with van der Waals surface area (Å²) in [5.41, 5.74) is 1.41. The maximum absolute atomic E-state index is 12.9. The third-order valence-electron chi connectivity index (χ3n) is 4.44. The summed E-state index contributed by atoms with van der Waals surface area (Å²) in [5, 5.41) is 6.17. The Morgan fingerprint density at radius 2 is 1.88 bits per heavy atom. The highest BCUT2D eigenvalue weighted by molar-refractivity contribution is 5.92. The molecule has 6 heteroatoms. The van der Waals surface area contributed by atoms with Gasteiger partial charge in [-0.3, -0.25) is 4.79 Å². The molecule has 5 nitrogen and oxygen atoms in total. The predicted octanol–water partition coefficient (Wildman–Crippen LogP) is 3.33. The highest BCUT2D eigenvalue weighted by Crippen LogP contribution is 2.17. The van der Waals surface area contributed by atoms with E-state index in [1.807, 2.05) is 0 Å². The van der Waals surface area contributed by atoms with E-state index >= 15 is 0 Å². The fraction of sp³-hybridized carbons (Fsp3) is 0.421. The fourth-order valence-electron chi connectivity index (χ4n) is 3.05. The van der Waals surface area contributed by atoms with Crippen LogP contribution in [-0.4, -0.2) is 28.5 Å². The van der Waals surface area contributed by atoms with Crippen molar-refractivity contribution in [3.05, 3.63) is 53.6 Å². The molecular weight excluding hydrogens is 319 g/mol. The van der Waals surface area contributed by atoms with Crippen LogP contribution in [0.2, 0.25) is 0 Å². The second-order valence-corrected chi connectivity index (χ2v) is 6.38. The van der Waals surface area contributed by atoms with Gasteiger partial charge in [0.05, 0.1) is 0 Å². The van der Waals surface area contributed by atoms with Crippen molar-refractivity contribution in [2.45, 2.75) is 44.6 Å². The molecule has 0 spiro atoms. The lowest BCUT2D eigenvalue weighted by Gasteiger charge is -2.22. The molecule has 2 N–H and O–H groups in total. The van der Waals surface area contributed by atoms with Crippen molar-refractivity contribution in [3.63, 3.8) is 0 Å². The number of nitrogens with one attached hydrogen (secondary N) is 2. The average Bonchev–Trinajstić information content (AvgIpc) is 2.64. The molecule has 25 heavy (non-hydrogen) atoms. The number of rotatable bonds is 6. The first-order chi connectivity index (χ1) is 12.2. The van der Waals surface area contributed by atoms with Gasteiger partial charge in [-0.1, -0.05) is 31.4 Å². The van der Waals surface area contributed by atoms with Gasteiger partial charge >= 0.3 is 0 Å². The van der Waals surface area contributed by atoms with Crippen molar-refractivity contribution in [3.8, 4) is 0 Å². The largest absolute Gasteiger partial charge is 0.354 e. The monoisotopic (exact) mass is 342 g/mol. The lowest BCUT2D eigenvalue weighted by atomic mass is 9.95. The fourth-order valence-corrected chi connectivity index (χ4v) is 3.05. The first kappa shape index (κ1) is 17.3. The van der Waals surface area contributed by atoms with Crippen molar-refractivity contribution in [1.82, 2.24) is 15.3 Å². The van der Waals surface area contributed by atoms with Gasteiger partial charge in [0.2, 0.25) is 5.95 Å². The summed E-state index contributed by atoms with van der Waals surface area (Å²) in [6, 6.07) is 8.29. The van der Waals surface area contributed by atoms with Crippen LogP contribution in [0.5, 0.6) is 0 Å². The number of carbonyl (C=O) groups is 1. The molecule has 132 valence electrons. The standard InChI is InChI=1S/C19H23FN4O/c20-15-8-6-14(7-9-15)10-12-21-19-22-13-11-17(24-19)18(25)23-16-4-2-1-3-5-16/h6-9,11,13,16H,1-5,10,12H2,(H,23,25)(H,21,22,24). The second-order valence-electron chi connectivity index (χ2n) is 6.38. The molecule has 1 aromatic heterocycles. The van der Waals surface area contributed by atoms with Gasteiger partial charge in [0.1, 0.15) is 11.5 Å². The highest BCUT2D eigenvalue weighted by Gasteiger charge is 2.17. The van der Waals surface area contributed by atoms with Crippen molar-refractivity contribution >= 4 is 11.9 Å². The molecule has 2 aromatic rings. The Kier molecular flexibility index (Phi) is 5.93. The maximum atomic E-state index is 12.9. The zero-order chi connectivity index (χ0) is 17.5. The van der Waals surface area contributed by atoms with E-state index < -0.39 is 0 Å². The molecule has 0 saturated heterocycles. The first-order valence-corrected chi connectivity index (χ1v) is 8.83. The van der Waals surface area contributed by atoms with Crippen LogP contribution in [0.15, 0.2) is 36.5 Å². The highest BCUT2D eigenvalue weighted by atomic mass is 19.1. The van der Waals surface area contributed by atoms with Crippen LogP contribution in [0.25, 0.3) is 0 Å². The van der Waals surface area contributed by atoms with Gasteiger partial charge in [-0.15, -0.1) is 0 Å². The quantitative estimate of drug-likeness (QED) is 0.845. The van der Waals surface area contributed by atoms with Crippen molar-refractivity contribution in [2.75, 3.05) is 11.9 Å². The average molecular weight is 342 g/mol.